The largest absolute Gasteiger partial charge is 0.389 e. The SMILES string of the molecule is C=CCC(O)/C=C/c1ccccc1[N+](=O)[O-]. The Morgan fingerprint density at radius 2 is 2.19 bits per heavy atom. The van der Waals surface area contributed by atoms with Gasteiger partial charge in [0.15, 0.2) is 0 Å². The molecule has 0 aliphatic heterocycles. The van der Waals surface area contributed by atoms with Crippen LogP contribution in [-0.4, -0.2) is 16.1 Å². The maximum atomic E-state index is 10.7. The normalized spacial score (nSPS) is 12.6. The van der Waals surface area contributed by atoms with Crippen LogP contribution in [0, 0.1) is 10.1 Å². The molecule has 16 heavy (non-hydrogen) atoms. The van der Waals surface area contributed by atoms with E-state index in [1.807, 2.05) is 0 Å². The Morgan fingerprint density at radius 1 is 1.50 bits per heavy atom. The molecule has 1 aromatic carbocycles. The van der Waals surface area contributed by atoms with Crippen molar-refractivity contribution in [2.24, 2.45) is 0 Å². The van der Waals surface area contributed by atoms with Crippen LogP contribution in [0.3, 0.4) is 0 Å². The van der Waals surface area contributed by atoms with Gasteiger partial charge in [-0.1, -0.05) is 24.3 Å². The minimum absolute atomic E-state index is 0.0320. The average Bonchev–Trinajstić information content (AvgIpc) is 2.27. The predicted molar refractivity (Wildman–Crippen MR) is 63.0 cm³/mol. The molecular formula is C12H13NO3. The van der Waals surface area contributed by atoms with Crippen LogP contribution in [0.15, 0.2) is 43.0 Å². The van der Waals surface area contributed by atoms with Gasteiger partial charge in [0.25, 0.3) is 5.69 Å². The lowest BCUT2D eigenvalue weighted by atomic mass is 10.1. The average molecular weight is 219 g/mol. The molecule has 0 spiro atoms. The molecule has 0 bridgehead atoms. The van der Waals surface area contributed by atoms with E-state index in [-0.39, 0.29) is 5.69 Å². The molecule has 0 fully saturated rings. The monoisotopic (exact) mass is 219 g/mol. The second-order valence-corrected chi connectivity index (χ2v) is 3.27. The van der Waals surface area contributed by atoms with E-state index < -0.39 is 11.0 Å². The van der Waals surface area contributed by atoms with Crippen LogP contribution in [-0.2, 0) is 0 Å². The zero-order chi connectivity index (χ0) is 12.0. The topological polar surface area (TPSA) is 63.4 Å². The van der Waals surface area contributed by atoms with E-state index in [0.29, 0.717) is 12.0 Å². The number of hydrogen-bond acceptors (Lipinski definition) is 3. The standard InChI is InChI=1S/C12H13NO3/c1-2-5-11(14)9-8-10-6-3-4-7-12(10)13(15)16/h2-4,6-9,11,14H,1,5H2/b9-8+. The molecule has 0 saturated carbocycles. The first-order chi connectivity index (χ1) is 7.65. The first-order valence-electron chi connectivity index (χ1n) is 4.85. The number of aliphatic hydroxyl groups is 1. The van der Waals surface area contributed by atoms with Gasteiger partial charge in [-0.25, -0.2) is 0 Å². The van der Waals surface area contributed by atoms with Crippen molar-refractivity contribution in [1.82, 2.24) is 0 Å². The second-order valence-electron chi connectivity index (χ2n) is 3.27. The third kappa shape index (κ3) is 3.33. The van der Waals surface area contributed by atoms with Crippen LogP contribution >= 0.6 is 0 Å². The highest BCUT2D eigenvalue weighted by Gasteiger charge is 2.09. The summed E-state index contributed by atoms with van der Waals surface area (Å²) in [7, 11) is 0. The van der Waals surface area contributed by atoms with Gasteiger partial charge in [0, 0.05) is 6.07 Å². The van der Waals surface area contributed by atoms with Gasteiger partial charge in [-0.15, -0.1) is 6.58 Å². The van der Waals surface area contributed by atoms with Crippen molar-refractivity contribution in [3.63, 3.8) is 0 Å². The van der Waals surface area contributed by atoms with Crippen LogP contribution in [0.2, 0.25) is 0 Å². The Hall–Kier alpha value is -1.94. The Balaban J connectivity index is 2.88. The molecule has 0 saturated heterocycles. The van der Waals surface area contributed by atoms with E-state index in [0.717, 1.165) is 0 Å². The van der Waals surface area contributed by atoms with Crippen molar-refractivity contribution in [2.75, 3.05) is 0 Å². The highest BCUT2D eigenvalue weighted by Crippen LogP contribution is 2.19. The molecule has 4 nitrogen and oxygen atoms in total. The van der Waals surface area contributed by atoms with Crippen molar-refractivity contribution in [1.29, 1.82) is 0 Å². The van der Waals surface area contributed by atoms with Crippen LogP contribution in [0.4, 0.5) is 5.69 Å². The summed E-state index contributed by atoms with van der Waals surface area (Å²) < 4.78 is 0. The maximum absolute atomic E-state index is 10.7. The molecule has 0 radical (unpaired) electrons. The predicted octanol–water partition coefficient (Wildman–Crippen LogP) is 2.55. The number of nitrogens with zero attached hydrogens (tertiary/aromatic N) is 1. The zero-order valence-corrected chi connectivity index (χ0v) is 8.74. The van der Waals surface area contributed by atoms with Gasteiger partial charge in [0.2, 0.25) is 0 Å². The fourth-order valence-corrected chi connectivity index (χ4v) is 1.26. The minimum Gasteiger partial charge on any atom is -0.389 e. The molecule has 84 valence electrons. The van der Waals surface area contributed by atoms with Crippen molar-refractivity contribution in [2.45, 2.75) is 12.5 Å². The van der Waals surface area contributed by atoms with E-state index in [4.69, 9.17) is 0 Å². The van der Waals surface area contributed by atoms with Crippen molar-refractivity contribution in [3.8, 4) is 0 Å². The van der Waals surface area contributed by atoms with Gasteiger partial charge in [-0.05, 0) is 18.6 Å². The number of nitro benzene ring substituents is 1. The molecule has 1 rings (SSSR count). The molecule has 1 N–H and O–H groups in total. The molecule has 4 heteroatoms. The minimum atomic E-state index is -0.655. The number of nitro groups is 1. The van der Waals surface area contributed by atoms with Gasteiger partial charge >= 0.3 is 0 Å². The van der Waals surface area contributed by atoms with Gasteiger partial charge in [-0.2, -0.15) is 0 Å². The molecule has 0 aliphatic rings. The molecular weight excluding hydrogens is 206 g/mol. The van der Waals surface area contributed by atoms with E-state index in [2.05, 4.69) is 6.58 Å². The molecule has 0 heterocycles. The van der Waals surface area contributed by atoms with Gasteiger partial charge in [0.1, 0.15) is 0 Å². The van der Waals surface area contributed by atoms with Crippen LogP contribution in [0.5, 0.6) is 0 Å². The molecule has 0 aliphatic carbocycles. The summed E-state index contributed by atoms with van der Waals surface area (Å²) in [5, 5.41) is 20.1. The summed E-state index contributed by atoms with van der Waals surface area (Å²) in [4.78, 5) is 10.2. The third-order valence-electron chi connectivity index (χ3n) is 2.04. The highest BCUT2D eigenvalue weighted by atomic mass is 16.6. The third-order valence-corrected chi connectivity index (χ3v) is 2.04. The van der Waals surface area contributed by atoms with E-state index in [1.165, 1.54) is 12.1 Å². The Kier molecular flexibility index (Phi) is 4.42. The summed E-state index contributed by atoms with van der Waals surface area (Å²) in [5.74, 6) is 0. The smallest absolute Gasteiger partial charge is 0.276 e. The summed E-state index contributed by atoms with van der Waals surface area (Å²) in [5.41, 5.74) is 0.514. The van der Waals surface area contributed by atoms with Crippen molar-refractivity contribution in [3.05, 3.63) is 58.7 Å². The molecule has 1 unspecified atom stereocenters. The lowest BCUT2D eigenvalue weighted by Crippen LogP contribution is -1.99. The fourth-order valence-electron chi connectivity index (χ4n) is 1.26. The van der Waals surface area contributed by atoms with Crippen molar-refractivity contribution < 1.29 is 10.0 Å². The maximum Gasteiger partial charge on any atom is 0.276 e. The molecule has 1 atom stereocenters. The number of rotatable bonds is 5. The van der Waals surface area contributed by atoms with Crippen LogP contribution in [0.25, 0.3) is 6.08 Å². The molecule has 0 amide bonds. The van der Waals surface area contributed by atoms with E-state index >= 15 is 0 Å². The lowest BCUT2D eigenvalue weighted by molar-refractivity contribution is -0.385. The summed E-state index contributed by atoms with van der Waals surface area (Å²) in [6, 6.07) is 6.39. The van der Waals surface area contributed by atoms with Crippen LogP contribution in [0.1, 0.15) is 12.0 Å². The quantitative estimate of drug-likeness (QED) is 0.470. The highest BCUT2D eigenvalue weighted by molar-refractivity contribution is 5.60. The van der Waals surface area contributed by atoms with Gasteiger partial charge in [0.05, 0.1) is 16.6 Å². The second kappa shape index (κ2) is 5.82. The lowest BCUT2D eigenvalue weighted by Gasteiger charge is -2.00. The van der Waals surface area contributed by atoms with Crippen molar-refractivity contribution >= 4 is 11.8 Å². The fraction of sp³-hybridized carbons (Fsp3) is 0.167. The molecule has 0 aromatic heterocycles. The van der Waals surface area contributed by atoms with E-state index in [1.54, 1.807) is 30.4 Å². The van der Waals surface area contributed by atoms with Crippen LogP contribution < -0.4 is 0 Å². The van der Waals surface area contributed by atoms with Gasteiger partial charge in [-0.3, -0.25) is 10.1 Å². The summed E-state index contributed by atoms with van der Waals surface area (Å²) in [6.07, 6.45) is 4.43. The summed E-state index contributed by atoms with van der Waals surface area (Å²) in [6.45, 7) is 3.50. The number of hydrogen-bond donors (Lipinski definition) is 1. The number of para-hydroxylation sites is 1. The number of benzene rings is 1. The first kappa shape index (κ1) is 12.1. The Labute approximate surface area is 93.7 Å². The molecule has 1 aromatic rings. The number of aliphatic hydroxyl groups excluding tert-OH is 1. The summed E-state index contributed by atoms with van der Waals surface area (Å²) >= 11 is 0. The Morgan fingerprint density at radius 3 is 2.81 bits per heavy atom. The zero-order valence-electron chi connectivity index (χ0n) is 8.74. The van der Waals surface area contributed by atoms with E-state index in [9.17, 15) is 15.2 Å². The Bertz CT molecular complexity index is 412. The first-order valence-corrected chi connectivity index (χ1v) is 4.85. The van der Waals surface area contributed by atoms with Gasteiger partial charge < -0.3 is 5.11 Å².